The molecule has 0 saturated heterocycles. The molecular formula is C21H22FN5OS. The van der Waals surface area contributed by atoms with Crippen molar-refractivity contribution >= 4 is 29.2 Å². The van der Waals surface area contributed by atoms with Gasteiger partial charge in [-0.25, -0.2) is 4.39 Å². The number of benzene rings is 1. The molecule has 0 spiro atoms. The van der Waals surface area contributed by atoms with Crippen molar-refractivity contribution in [2.45, 2.75) is 48.0 Å². The van der Waals surface area contributed by atoms with Crippen molar-refractivity contribution in [3.8, 4) is 5.88 Å². The average molecular weight is 412 g/mol. The highest BCUT2D eigenvalue weighted by molar-refractivity contribution is 7.99. The quantitative estimate of drug-likeness (QED) is 0.576. The summed E-state index contributed by atoms with van der Waals surface area (Å²) in [6, 6.07) is 10.3. The van der Waals surface area contributed by atoms with Gasteiger partial charge in [-0.05, 0) is 56.0 Å². The Hall–Kier alpha value is -2.87. The molecule has 0 bridgehead atoms. The van der Waals surface area contributed by atoms with E-state index in [2.05, 4.69) is 20.3 Å². The van der Waals surface area contributed by atoms with Gasteiger partial charge in [0.1, 0.15) is 17.7 Å². The molecule has 0 aliphatic heterocycles. The fourth-order valence-corrected chi connectivity index (χ4v) is 4.07. The molecule has 2 aromatic heterocycles. The van der Waals surface area contributed by atoms with Gasteiger partial charge < -0.3 is 15.8 Å². The Bertz CT molecular complexity index is 967. The molecule has 0 atom stereocenters. The van der Waals surface area contributed by atoms with Gasteiger partial charge in [-0.3, -0.25) is 4.98 Å². The van der Waals surface area contributed by atoms with Gasteiger partial charge in [0.2, 0.25) is 11.8 Å². The minimum Gasteiger partial charge on any atom is -0.474 e. The summed E-state index contributed by atoms with van der Waals surface area (Å²) < 4.78 is 20.5. The van der Waals surface area contributed by atoms with Crippen LogP contribution in [0, 0.1) is 5.82 Å². The van der Waals surface area contributed by atoms with E-state index in [0.717, 1.165) is 17.7 Å². The summed E-state index contributed by atoms with van der Waals surface area (Å²) in [5.41, 5.74) is 6.41. The normalized spacial score (nSPS) is 14.5. The Balaban J connectivity index is 1.46. The minimum absolute atomic E-state index is 0.117. The molecule has 1 fully saturated rings. The van der Waals surface area contributed by atoms with Crippen molar-refractivity contribution in [1.82, 2.24) is 15.0 Å². The fraction of sp³-hybridized carbons (Fsp3) is 0.286. The van der Waals surface area contributed by atoms with E-state index in [1.807, 2.05) is 12.1 Å². The van der Waals surface area contributed by atoms with Crippen LogP contribution in [0.15, 0.2) is 58.6 Å². The van der Waals surface area contributed by atoms with Gasteiger partial charge in [0, 0.05) is 33.9 Å². The number of aromatic nitrogens is 3. The van der Waals surface area contributed by atoms with Crippen LogP contribution in [0.5, 0.6) is 5.88 Å². The number of hydrogen-bond donors (Lipinski definition) is 2. The number of nitrogens with zero attached hydrogens (tertiary/aromatic N) is 3. The molecule has 1 aliphatic rings. The van der Waals surface area contributed by atoms with Crippen molar-refractivity contribution in [2.75, 3.05) is 11.1 Å². The van der Waals surface area contributed by atoms with Crippen LogP contribution in [0.2, 0.25) is 0 Å². The molecule has 1 aromatic carbocycles. The van der Waals surface area contributed by atoms with Gasteiger partial charge in [0.15, 0.2) is 0 Å². The van der Waals surface area contributed by atoms with E-state index in [4.69, 9.17) is 10.5 Å². The summed E-state index contributed by atoms with van der Waals surface area (Å²) >= 11 is 1.35. The maximum atomic E-state index is 14.5. The van der Waals surface area contributed by atoms with Crippen LogP contribution >= 0.6 is 11.8 Å². The lowest BCUT2D eigenvalue weighted by molar-refractivity contribution is 0.149. The zero-order valence-corrected chi connectivity index (χ0v) is 16.7. The molecule has 8 heteroatoms. The number of pyridine rings is 1. The van der Waals surface area contributed by atoms with Gasteiger partial charge in [-0.1, -0.05) is 18.2 Å². The Morgan fingerprint density at radius 2 is 1.83 bits per heavy atom. The summed E-state index contributed by atoms with van der Waals surface area (Å²) in [5, 5.41) is 3.08. The zero-order chi connectivity index (χ0) is 20.1. The SMILES string of the molecule is Nc1nc(Nc2ccc(Sc3ccncc3)c(F)c2)cc(OC2CCCCC2)n1. The van der Waals surface area contributed by atoms with Crippen molar-refractivity contribution in [3.63, 3.8) is 0 Å². The van der Waals surface area contributed by atoms with Crippen LogP contribution in [0.25, 0.3) is 0 Å². The topological polar surface area (TPSA) is 86.0 Å². The molecule has 4 rings (SSSR count). The lowest BCUT2D eigenvalue weighted by Crippen LogP contribution is -2.20. The molecule has 0 unspecified atom stereocenters. The number of ether oxygens (including phenoxy) is 1. The molecule has 1 saturated carbocycles. The second-order valence-corrected chi connectivity index (χ2v) is 8.00. The van der Waals surface area contributed by atoms with Gasteiger partial charge >= 0.3 is 0 Å². The second-order valence-electron chi connectivity index (χ2n) is 6.88. The molecule has 6 nitrogen and oxygen atoms in total. The highest BCUT2D eigenvalue weighted by Gasteiger charge is 2.16. The molecule has 29 heavy (non-hydrogen) atoms. The Morgan fingerprint density at radius 1 is 1.03 bits per heavy atom. The smallest absolute Gasteiger partial charge is 0.225 e. The summed E-state index contributed by atoms with van der Waals surface area (Å²) in [5.74, 6) is 0.707. The number of nitrogens with one attached hydrogen (secondary N) is 1. The lowest BCUT2D eigenvalue weighted by Gasteiger charge is -2.22. The van der Waals surface area contributed by atoms with Crippen molar-refractivity contribution in [3.05, 3.63) is 54.6 Å². The summed E-state index contributed by atoms with van der Waals surface area (Å²) in [6.07, 6.45) is 9.15. The number of nitrogens with two attached hydrogens (primary N) is 1. The number of hydrogen-bond acceptors (Lipinski definition) is 7. The van der Waals surface area contributed by atoms with Gasteiger partial charge in [-0.2, -0.15) is 9.97 Å². The van der Waals surface area contributed by atoms with Crippen molar-refractivity contribution in [1.29, 1.82) is 0 Å². The number of halogens is 1. The Kier molecular flexibility index (Phi) is 6.09. The third kappa shape index (κ3) is 5.35. The standard InChI is InChI=1S/C21H22FN5OS/c22-17-12-14(6-7-18(17)29-16-8-10-24-11-9-16)25-19-13-20(27-21(23)26-19)28-15-4-2-1-3-5-15/h6-13,15H,1-5H2,(H3,23,25,26,27). The Labute approximate surface area is 173 Å². The maximum Gasteiger partial charge on any atom is 0.225 e. The molecule has 0 amide bonds. The zero-order valence-electron chi connectivity index (χ0n) is 15.8. The van der Waals surface area contributed by atoms with Crippen LogP contribution in [0.4, 0.5) is 21.8 Å². The first-order valence-corrected chi connectivity index (χ1v) is 10.4. The van der Waals surface area contributed by atoms with Crippen LogP contribution in [0.3, 0.4) is 0 Å². The minimum atomic E-state index is -0.322. The van der Waals surface area contributed by atoms with E-state index in [-0.39, 0.29) is 17.9 Å². The first kappa shape index (κ1) is 19.4. The van der Waals surface area contributed by atoms with Gasteiger partial charge in [-0.15, -0.1) is 0 Å². The van der Waals surface area contributed by atoms with Crippen molar-refractivity contribution < 1.29 is 9.13 Å². The highest BCUT2D eigenvalue weighted by atomic mass is 32.2. The number of nitrogen functional groups attached to an aromatic ring is 1. The van der Waals surface area contributed by atoms with E-state index in [1.165, 1.54) is 37.1 Å². The average Bonchev–Trinajstić information content (AvgIpc) is 2.71. The maximum absolute atomic E-state index is 14.5. The largest absolute Gasteiger partial charge is 0.474 e. The third-order valence-electron chi connectivity index (χ3n) is 4.64. The molecule has 3 N–H and O–H groups in total. The van der Waals surface area contributed by atoms with Gasteiger partial charge in [0.25, 0.3) is 0 Å². The number of rotatable bonds is 6. The van der Waals surface area contributed by atoms with E-state index in [0.29, 0.717) is 22.3 Å². The molecule has 0 radical (unpaired) electrons. The van der Waals surface area contributed by atoms with E-state index in [1.54, 1.807) is 30.6 Å². The first-order chi connectivity index (χ1) is 14.2. The van der Waals surface area contributed by atoms with E-state index < -0.39 is 0 Å². The lowest BCUT2D eigenvalue weighted by atomic mass is 9.98. The van der Waals surface area contributed by atoms with Crippen molar-refractivity contribution in [2.24, 2.45) is 0 Å². The predicted molar refractivity (Wildman–Crippen MR) is 112 cm³/mol. The monoisotopic (exact) mass is 411 g/mol. The first-order valence-electron chi connectivity index (χ1n) is 9.61. The van der Waals surface area contributed by atoms with Crippen LogP contribution in [-0.2, 0) is 0 Å². The second kappa shape index (κ2) is 9.09. The molecular weight excluding hydrogens is 389 g/mol. The van der Waals surface area contributed by atoms with Gasteiger partial charge in [0.05, 0.1) is 0 Å². The van der Waals surface area contributed by atoms with Crippen LogP contribution < -0.4 is 15.8 Å². The summed E-state index contributed by atoms with van der Waals surface area (Å²) in [4.78, 5) is 13.8. The molecule has 3 aromatic rings. The molecule has 2 heterocycles. The number of anilines is 3. The fourth-order valence-electron chi connectivity index (χ4n) is 3.26. The highest BCUT2D eigenvalue weighted by Crippen LogP contribution is 2.32. The van der Waals surface area contributed by atoms with Crippen LogP contribution in [0.1, 0.15) is 32.1 Å². The van der Waals surface area contributed by atoms with E-state index in [9.17, 15) is 4.39 Å². The predicted octanol–water partition coefficient (Wildman–Crippen LogP) is 5.20. The molecule has 1 aliphatic carbocycles. The van der Waals surface area contributed by atoms with E-state index >= 15 is 0 Å². The Morgan fingerprint density at radius 3 is 2.59 bits per heavy atom. The van der Waals surface area contributed by atoms with Crippen LogP contribution in [-0.4, -0.2) is 21.1 Å². The molecule has 150 valence electrons. The summed E-state index contributed by atoms with van der Waals surface area (Å²) in [6.45, 7) is 0. The third-order valence-corrected chi connectivity index (χ3v) is 5.70. The summed E-state index contributed by atoms with van der Waals surface area (Å²) in [7, 11) is 0.